The fraction of sp³-hybridized carbons (Fsp3) is 0.965. The predicted octanol–water partition coefficient (Wildman–Crippen LogP) is 9.59. The Hall–Kier alpha value is -1.40. The first-order valence-corrected chi connectivity index (χ1v) is 32.2. The molecule has 1 aliphatic carbocycles. The van der Waals surface area contributed by atoms with Gasteiger partial charge in [-0.05, 0) is 144 Å². The zero-order valence-corrected chi connectivity index (χ0v) is 49.8. The van der Waals surface area contributed by atoms with Crippen molar-refractivity contribution in [1.82, 2.24) is 15.5 Å². The minimum Gasteiger partial charge on any atom is -0.378 e. The molecule has 0 aromatic carbocycles. The standard InChI is InChI=1S/C57H118N6O8Si/c1-10-12-13-14-15-17-34-63(55(65)62-33-39-67-41-43-68-42-40-66-38-32-61-54(64)23-16-18-44-72-9)35-19-22-47(3)52-25-24-48(4)57(52,8)53(70-37-21-31-59)45-49(5)56(7,28-26-50(6)71-46-60)29-27-51(11-2)69-36-20-30-58/h47-53H,10-46,58-60,72H2,1-9H3,(H,61,64)(H,62,65)/t47-,48-,49-,50+,51+,52-,53+,56-,57+/m1/s1. The van der Waals surface area contributed by atoms with Crippen LogP contribution in [0.4, 0.5) is 4.79 Å². The summed E-state index contributed by atoms with van der Waals surface area (Å²) in [5, 5.41) is 6.08. The van der Waals surface area contributed by atoms with Crippen LogP contribution in [0.15, 0.2) is 0 Å². The molecule has 0 spiro atoms. The third-order valence-corrected chi connectivity index (χ3v) is 17.7. The zero-order valence-electron chi connectivity index (χ0n) is 48.4. The Morgan fingerprint density at radius 2 is 1.33 bits per heavy atom. The maximum Gasteiger partial charge on any atom is 0.317 e. The third-order valence-electron chi connectivity index (χ3n) is 16.5. The van der Waals surface area contributed by atoms with Gasteiger partial charge >= 0.3 is 6.03 Å². The van der Waals surface area contributed by atoms with Crippen LogP contribution in [0.3, 0.4) is 0 Å². The molecule has 0 aromatic heterocycles. The quantitative estimate of drug-likeness (QED) is 0.0221. The van der Waals surface area contributed by atoms with Crippen molar-refractivity contribution < 1.29 is 38.0 Å². The molecule has 0 aliphatic heterocycles. The first-order chi connectivity index (χ1) is 34.8. The second-order valence-corrected chi connectivity index (χ2v) is 23.8. The number of hydrogen-bond acceptors (Lipinski definition) is 11. The number of amides is 3. The number of rotatable bonds is 50. The molecule has 72 heavy (non-hydrogen) atoms. The average molecular weight is 1040 g/mol. The highest BCUT2D eigenvalue weighted by atomic mass is 28.2. The number of nitrogens with one attached hydrogen (secondary N) is 2. The minimum atomic E-state index is 0.00323. The summed E-state index contributed by atoms with van der Waals surface area (Å²) in [7, 11) is 0.0967. The summed E-state index contributed by atoms with van der Waals surface area (Å²) >= 11 is 0. The van der Waals surface area contributed by atoms with Gasteiger partial charge in [0.05, 0.1) is 64.7 Å². The minimum absolute atomic E-state index is 0.00323. The van der Waals surface area contributed by atoms with Gasteiger partial charge in [-0.15, -0.1) is 0 Å². The Labute approximate surface area is 445 Å². The van der Waals surface area contributed by atoms with Crippen LogP contribution in [-0.4, -0.2) is 144 Å². The smallest absolute Gasteiger partial charge is 0.317 e. The summed E-state index contributed by atoms with van der Waals surface area (Å²) in [4.78, 5) is 27.7. The van der Waals surface area contributed by atoms with Gasteiger partial charge in [-0.1, -0.05) is 99.6 Å². The molecule has 9 atom stereocenters. The van der Waals surface area contributed by atoms with E-state index in [2.05, 4.69) is 77.5 Å². The summed E-state index contributed by atoms with van der Waals surface area (Å²) < 4.78 is 36.3. The highest BCUT2D eigenvalue weighted by Crippen LogP contribution is 2.56. The van der Waals surface area contributed by atoms with Crippen LogP contribution in [0.2, 0.25) is 12.6 Å². The highest BCUT2D eigenvalue weighted by molar-refractivity contribution is 6.33. The molecule has 3 amide bonds. The van der Waals surface area contributed by atoms with Crippen LogP contribution in [-0.2, 0) is 33.2 Å². The first-order valence-electron chi connectivity index (χ1n) is 29.7. The highest BCUT2D eigenvalue weighted by Gasteiger charge is 2.52. The number of ether oxygens (including phenoxy) is 6. The molecule has 1 fully saturated rings. The van der Waals surface area contributed by atoms with Crippen LogP contribution in [0.5, 0.6) is 0 Å². The lowest BCUT2D eigenvalue weighted by molar-refractivity contribution is -0.121. The van der Waals surface area contributed by atoms with Gasteiger partial charge < -0.3 is 61.2 Å². The van der Waals surface area contributed by atoms with E-state index in [9.17, 15) is 9.59 Å². The topological polar surface area (TPSA) is 195 Å². The Kier molecular flexibility index (Phi) is 41.6. The second-order valence-electron chi connectivity index (χ2n) is 22.1. The van der Waals surface area contributed by atoms with E-state index in [0.29, 0.717) is 103 Å². The summed E-state index contributed by atoms with van der Waals surface area (Å²) in [6.07, 6.45) is 22.7. The maximum atomic E-state index is 13.7. The molecule has 0 saturated heterocycles. The van der Waals surface area contributed by atoms with E-state index >= 15 is 0 Å². The Morgan fingerprint density at radius 1 is 0.722 bits per heavy atom. The molecular weight excluding hydrogens is 925 g/mol. The third kappa shape index (κ3) is 29.8. The lowest BCUT2D eigenvalue weighted by Gasteiger charge is -2.48. The summed E-state index contributed by atoms with van der Waals surface area (Å²) in [5.41, 5.74) is 17.8. The molecule has 0 heterocycles. The normalized spacial score (nSPS) is 20.1. The molecule has 15 heteroatoms. The van der Waals surface area contributed by atoms with E-state index in [-0.39, 0.29) is 57.3 Å². The number of carbonyl (C=O) groups excluding carboxylic acids is 2. The molecule has 1 rings (SSSR count). The molecule has 0 unspecified atom stereocenters. The summed E-state index contributed by atoms with van der Waals surface area (Å²) in [6.45, 7) is 29.6. The largest absolute Gasteiger partial charge is 0.378 e. The second kappa shape index (κ2) is 43.7. The van der Waals surface area contributed by atoms with Gasteiger partial charge in [0.15, 0.2) is 0 Å². The molecular formula is C57H118N6O8Si. The molecule has 1 saturated carbocycles. The van der Waals surface area contributed by atoms with Crippen LogP contribution in [0.1, 0.15) is 190 Å². The number of nitrogens with two attached hydrogens (primary N) is 3. The molecule has 8 N–H and O–H groups in total. The van der Waals surface area contributed by atoms with Crippen molar-refractivity contribution in [3.8, 4) is 0 Å². The van der Waals surface area contributed by atoms with E-state index in [4.69, 9.17) is 45.6 Å². The lowest BCUT2D eigenvalue weighted by Crippen LogP contribution is -2.46. The monoisotopic (exact) mass is 1040 g/mol. The average Bonchev–Trinajstić information content (AvgIpc) is 3.68. The fourth-order valence-electron chi connectivity index (χ4n) is 11.1. The maximum absolute atomic E-state index is 13.7. The van der Waals surface area contributed by atoms with Gasteiger partial charge in [0, 0.05) is 55.3 Å². The fourth-order valence-corrected chi connectivity index (χ4v) is 11.9. The van der Waals surface area contributed by atoms with Gasteiger partial charge in [0.25, 0.3) is 0 Å². The van der Waals surface area contributed by atoms with Crippen molar-refractivity contribution >= 4 is 21.5 Å². The Bertz CT molecular complexity index is 1300. The van der Waals surface area contributed by atoms with Gasteiger partial charge in [-0.2, -0.15) is 0 Å². The van der Waals surface area contributed by atoms with E-state index in [1.165, 1.54) is 51.0 Å². The zero-order chi connectivity index (χ0) is 53.3. The van der Waals surface area contributed by atoms with Crippen LogP contribution >= 0.6 is 0 Å². The van der Waals surface area contributed by atoms with Crippen LogP contribution < -0.4 is 27.8 Å². The molecule has 0 radical (unpaired) electrons. The van der Waals surface area contributed by atoms with E-state index in [0.717, 1.165) is 103 Å². The van der Waals surface area contributed by atoms with Crippen LogP contribution in [0, 0.1) is 34.5 Å². The van der Waals surface area contributed by atoms with Gasteiger partial charge in [0.2, 0.25) is 5.91 Å². The molecule has 0 aromatic rings. The molecule has 428 valence electrons. The van der Waals surface area contributed by atoms with Crippen molar-refractivity contribution in [1.29, 1.82) is 0 Å². The predicted molar refractivity (Wildman–Crippen MR) is 302 cm³/mol. The van der Waals surface area contributed by atoms with Crippen molar-refractivity contribution in [2.45, 2.75) is 221 Å². The Balaban J connectivity index is 2.90. The first kappa shape index (κ1) is 68.6. The number of urea groups is 1. The van der Waals surface area contributed by atoms with E-state index < -0.39 is 0 Å². The van der Waals surface area contributed by atoms with Gasteiger partial charge in [-0.3, -0.25) is 4.79 Å². The number of unbranched alkanes of at least 4 members (excludes halogenated alkanes) is 6. The van der Waals surface area contributed by atoms with Crippen molar-refractivity contribution in [2.75, 3.05) is 98.9 Å². The van der Waals surface area contributed by atoms with Crippen molar-refractivity contribution in [2.24, 2.45) is 51.7 Å². The van der Waals surface area contributed by atoms with E-state index in [1.807, 2.05) is 0 Å². The number of hydrogen-bond donors (Lipinski definition) is 5. The number of carbonyl (C=O) groups is 2. The molecule has 1 aliphatic rings. The van der Waals surface area contributed by atoms with Gasteiger partial charge in [0.1, 0.15) is 0 Å². The molecule has 14 nitrogen and oxygen atoms in total. The lowest BCUT2D eigenvalue weighted by atomic mass is 9.61. The number of nitrogens with zero attached hydrogens (tertiary/aromatic N) is 1. The Morgan fingerprint density at radius 3 is 1.97 bits per heavy atom. The summed E-state index contributed by atoms with van der Waals surface area (Å²) in [5.74, 6) is 2.07. The van der Waals surface area contributed by atoms with Crippen molar-refractivity contribution in [3.05, 3.63) is 0 Å². The van der Waals surface area contributed by atoms with Gasteiger partial charge in [-0.25, -0.2) is 4.79 Å². The SMILES string of the molecule is CCCCCCCCN(CCC[C@@H](C)[C@H]1CC[C@@H](C)[C@]1(C)[C@H](C[C@@H](C)[C@@](C)(CC[C@H](CC)OCCCN)CC[C@H](C)OCN)OCCCN)C(=O)NCCOCCOCCOCCNC(=O)CCCC[SiH2]C. The van der Waals surface area contributed by atoms with E-state index in [1.54, 1.807) is 0 Å². The molecule has 0 bridgehead atoms. The van der Waals surface area contributed by atoms with Crippen LogP contribution in [0.25, 0.3) is 0 Å². The summed E-state index contributed by atoms with van der Waals surface area (Å²) in [6, 6.07) is 1.32. The van der Waals surface area contributed by atoms with Crippen molar-refractivity contribution in [3.63, 3.8) is 0 Å².